The van der Waals surface area contributed by atoms with Crippen LogP contribution in [0.1, 0.15) is 37.0 Å². The predicted octanol–water partition coefficient (Wildman–Crippen LogP) is 3.94. The van der Waals surface area contributed by atoms with Gasteiger partial charge in [-0.1, -0.05) is 6.07 Å². The van der Waals surface area contributed by atoms with E-state index in [1.807, 2.05) is 0 Å². The zero-order chi connectivity index (χ0) is 24.2. The molecule has 3 rings (SSSR count). The van der Waals surface area contributed by atoms with Gasteiger partial charge in [-0.25, -0.2) is 14.4 Å². The van der Waals surface area contributed by atoms with Gasteiger partial charge in [-0.3, -0.25) is 4.79 Å². The summed E-state index contributed by atoms with van der Waals surface area (Å²) in [5, 5.41) is 7.95. The maximum atomic E-state index is 14.7. The van der Waals surface area contributed by atoms with Crippen molar-refractivity contribution in [1.82, 2.24) is 19.9 Å². The standard InChI is InChI=1S/C21H22F4N6O2/c1-13(21(23,24)25)12-27-20(26-3)33-17-8-5-11-30(14(17)2)19(32)18-15(22)6-4-7-16(18)31-28-9-10-29-31/h4,6-7,9-10,12,14,17H,3,5,8,11H2,1-2H3/b13-12+,27-20?/t14-,17+/m0/s1. The summed E-state index contributed by atoms with van der Waals surface area (Å²) in [5.74, 6) is -1.31. The van der Waals surface area contributed by atoms with Crippen molar-refractivity contribution in [2.45, 2.75) is 45.0 Å². The SMILES string of the molecule is C=NC(=N/C=C(\C)C(F)(F)F)O[C@@H]1CCCN(C(=O)c2c(F)cccc2-n2nccn2)[C@H]1C. The molecule has 1 aromatic carbocycles. The molecule has 1 amide bonds. The quantitative estimate of drug-likeness (QED) is 0.388. The smallest absolute Gasteiger partial charge is 0.413 e. The summed E-state index contributed by atoms with van der Waals surface area (Å²) in [6.07, 6.45) is -0.737. The van der Waals surface area contributed by atoms with Gasteiger partial charge >= 0.3 is 12.2 Å². The number of aromatic nitrogens is 3. The molecule has 1 fully saturated rings. The van der Waals surface area contributed by atoms with E-state index in [-0.39, 0.29) is 17.3 Å². The summed E-state index contributed by atoms with van der Waals surface area (Å²) in [6.45, 7) is 6.19. The van der Waals surface area contributed by atoms with Gasteiger partial charge in [0.25, 0.3) is 5.91 Å². The van der Waals surface area contributed by atoms with Gasteiger partial charge in [-0.15, -0.1) is 0 Å². The van der Waals surface area contributed by atoms with E-state index in [9.17, 15) is 22.4 Å². The number of hydrogen-bond acceptors (Lipinski definition) is 5. The van der Waals surface area contributed by atoms with Crippen LogP contribution in [-0.2, 0) is 4.74 Å². The van der Waals surface area contributed by atoms with Crippen molar-refractivity contribution >= 4 is 18.6 Å². The Kier molecular flexibility index (Phi) is 7.24. The Balaban J connectivity index is 1.83. The maximum absolute atomic E-state index is 14.7. The zero-order valence-electron chi connectivity index (χ0n) is 18.0. The van der Waals surface area contributed by atoms with Crippen LogP contribution in [0, 0.1) is 5.82 Å². The Morgan fingerprint density at radius 2 is 2.00 bits per heavy atom. The number of rotatable bonds is 4. The van der Waals surface area contributed by atoms with Crippen molar-refractivity contribution in [2.75, 3.05) is 6.54 Å². The molecule has 0 N–H and O–H groups in total. The Labute approximate surface area is 187 Å². The van der Waals surface area contributed by atoms with Gasteiger partial charge < -0.3 is 9.64 Å². The number of alkyl halides is 3. The van der Waals surface area contributed by atoms with Gasteiger partial charge in [-0.05, 0) is 45.5 Å². The van der Waals surface area contributed by atoms with E-state index >= 15 is 0 Å². The first-order valence-corrected chi connectivity index (χ1v) is 10.0. The summed E-state index contributed by atoms with van der Waals surface area (Å²) in [6, 6.07) is 3.25. The summed E-state index contributed by atoms with van der Waals surface area (Å²) in [4.78, 5) is 23.1. The molecule has 12 heteroatoms. The third-order valence-corrected chi connectivity index (χ3v) is 5.23. The molecule has 1 aliphatic rings. The number of aliphatic imine (C=N–C) groups is 2. The monoisotopic (exact) mass is 466 g/mol. The highest BCUT2D eigenvalue weighted by molar-refractivity contribution is 5.98. The highest BCUT2D eigenvalue weighted by Gasteiger charge is 2.36. The molecule has 1 saturated heterocycles. The molecule has 176 valence electrons. The molecule has 0 unspecified atom stereocenters. The fraction of sp³-hybridized carbons (Fsp3) is 0.381. The normalized spacial score (nSPS) is 20.0. The molecule has 0 aliphatic carbocycles. The first-order valence-electron chi connectivity index (χ1n) is 10.0. The predicted molar refractivity (Wildman–Crippen MR) is 113 cm³/mol. The van der Waals surface area contributed by atoms with Crippen molar-refractivity contribution in [1.29, 1.82) is 0 Å². The lowest BCUT2D eigenvalue weighted by Gasteiger charge is -2.39. The molecule has 2 aromatic rings. The lowest BCUT2D eigenvalue weighted by molar-refractivity contribution is -0.0915. The first kappa shape index (κ1) is 24.1. The fourth-order valence-electron chi connectivity index (χ4n) is 3.40. The van der Waals surface area contributed by atoms with Crippen LogP contribution in [0.15, 0.2) is 52.4 Å². The van der Waals surface area contributed by atoms with Crippen LogP contribution in [0.5, 0.6) is 0 Å². The fourth-order valence-corrected chi connectivity index (χ4v) is 3.40. The highest BCUT2D eigenvalue weighted by atomic mass is 19.4. The lowest BCUT2D eigenvalue weighted by atomic mass is 9.98. The van der Waals surface area contributed by atoms with Crippen molar-refractivity contribution in [2.24, 2.45) is 9.98 Å². The van der Waals surface area contributed by atoms with Crippen LogP contribution >= 0.6 is 0 Å². The Morgan fingerprint density at radius 1 is 1.30 bits per heavy atom. The van der Waals surface area contributed by atoms with E-state index in [2.05, 4.69) is 26.9 Å². The lowest BCUT2D eigenvalue weighted by Crippen LogP contribution is -2.51. The first-order chi connectivity index (χ1) is 15.6. The second kappa shape index (κ2) is 9.92. The Hall–Kier alpha value is -3.57. The van der Waals surface area contributed by atoms with Gasteiger partial charge in [0.15, 0.2) is 0 Å². The number of allylic oxidation sites excluding steroid dienone is 1. The number of likely N-dealkylation sites (tertiary alicyclic amines) is 1. The average Bonchev–Trinajstić information content (AvgIpc) is 3.31. The largest absolute Gasteiger partial charge is 0.458 e. The van der Waals surface area contributed by atoms with Crippen molar-refractivity contribution in [3.8, 4) is 5.69 Å². The second-order valence-electron chi connectivity index (χ2n) is 7.37. The number of amidine groups is 1. The third kappa shape index (κ3) is 5.44. The minimum absolute atomic E-state index is 0.183. The van der Waals surface area contributed by atoms with Gasteiger partial charge in [-0.2, -0.15) is 28.2 Å². The van der Waals surface area contributed by atoms with Gasteiger partial charge in [0.1, 0.15) is 23.2 Å². The molecular weight excluding hydrogens is 444 g/mol. The number of ether oxygens (including phenoxy) is 1. The van der Waals surface area contributed by atoms with Gasteiger partial charge in [0, 0.05) is 18.3 Å². The molecule has 1 aromatic heterocycles. The molecule has 0 radical (unpaired) electrons. The van der Waals surface area contributed by atoms with E-state index < -0.39 is 35.6 Å². The van der Waals surface area contributed by atoms with Crippen LogP contribution in [0.3, 0.4) is 0 Å². The second-order valence-corrected chi connectivity index (χ2v) is 7.37. The van der Waals surface area contributed by atoms with Crippen molar-refractivity contribution in [3.05, 3.63) is 53.7 Å². The molecule has 1 aliphatic heterocycles. The Bertz CT molecular complexity index is 1070. The minimum atomic E-state index is -4.53. The molecule has 33 heavy (non-hydrogen) atoms. The van der Waals surface area contributed by atoms with Crippen LogP contribution < -0.4 is 0 Å². The van der Waals surface area contributed by atoms with E-state index in [0.29, 0.717) is 25.6 Å². The summed E-state index contributed by atoms with van der Waals surface area (Å²) < 4.78 is 58.4. The molecule has 0 spiro atoms. The van der Waals surface area contributed by atoms with Gasteiger partial charge in [0.05, 0.1) is 18.4 Å². The number of amides is 1. The highest BCUT2D eigenvalue weighted by Crippen LogP contribution is 2.27. The van der Waals surface area contributed by atoms with Crippen molar-refractivity contribution < 1.29 is 27.1 Å². The van der Waals surface area contributed by atoms with E-state index in [0.717, 1.165) is 11.7 Å². The summed E-state index contributed by atoms with van der Waals surface area (Å²) in [5.41, 5.74) is -0.941. The Morgan fingerprint density at radius 3 is 2.64 bits per heavy atom. The number of piperidine rings is 1. The van der Waals surface area contributed by atoms with Crippen LogP contribution in [-0.4, -0.2) is 63.4 Å². The molecule has 2 heterocycles. The molecule has 0 bridgehead atoms. The number of halogens is 4. The molecule has 2 atom stereocenters. The summed E-state index contributed by atoms with van der Waals surface area (Å²) >= 11 is 0. The average molecular weight is 466 g/mol. The van der Waals surface area contributed by atoms with Crippen molar-refractivity contribution in [3.63, 3.8) is 0 Å². The van der Waals surface area contributed by atoms with Crippen LogP contribution in [0.2, 0.25) is 0 Å². The molecule has 0 saturated carbocycles. The minimum Gasteiger partial charge on any atom is -0.458 e. The number of benzene rings is 1. The molecular formula is C21H22F4N6O2. The maximum Gasteiger partial charge on any atom is 0.413 e. The van der Waals surface area contributed by atoms with E-state index in [1.54, 1.807) is 6.92 Å². The zero-order valence-corrected chi connectivity index (χ0v) is 18.0. The topological polar surface area (TPSA) is 85.0 Å². The number of hydrogen-bond donors (Lipinski definition) is 0. The van der Waals surface area contributed by atoms with E-state index in [1.165, 1.54) is 35.5 Å². The van der Waals surface area contributed by atoms with Crippen LogP contribution in [0.25, 0.3) is 5.69 Å². The molecule has 8 nitrogen and oxygen atoms in total. The van der Waals surface area contributed by atoms with E-state index in [4.69, 9.17) is 4.74 Å². The van der Waals surface area contributed by atoms with Gasteiger partial charge in [0.2, 0.25) is 0 Å². The third-order valence-electron chi connectivity index (χ3n) is 5.23. The number of carbonyl (C=O) groups excluding carboxylic acids is 1. The number of carbonyl (C=O) groups is 1. The number of nitrogens with zero attached hydrogens (tertiary/aromatic N) is 6. The summed E-state index contributed by atoms with van der Waals surface area (Å²) in [7, 11) is 0. The van der Waals surface area contributed by atoms with Crippen LogP contribution in [0.4, 0.5) is 17.6 Å².